The third kappa shape index (κ3) is 7.76. The molecule has 0 unspecified atom stereocenters. The Balaban J connectivity index is 1.42. The number of ether oxygens (including phenoxy) is 1. The number of phenolic OH excluding ortho intramolecular Hbond substituents is 1. The maximum atomic E-state index is 14.1. The number of hydrogen-bond acceptors (Lipinski definition) is 7. The first-order chi connectivity index (χ1) is 25.8. The normalized spacial score (nSPS) is 22.1. The van der Waals surface area contributed by atoms with Crippen molar-refractivity contribution in [3.8, 4) is 11.5 Å². The highest BCUT2D eigenvalue weighted by atomic mass is 127. The molecule has 3 aromatic rings. The van der Waals surface area contributed by atoms with E-state index in [1.807, 2.05) is 31.2 Å². The molecule has 0 radical (unpaired) electrons. The van der Waals surface area contributed by atoms with Crippen LogP contribution in [0.2, 0.25) is 11.4 Å². The zero-order chi connectivity index (χ0) is 38.8. The Kier molecular flexibility index (Phi) is 12.6. The van der Waals surface area contributed by atoms with Gasteiger partial charge in [0, 0.05) is 6.54 Å². The fourth-order valence-corrected chi connectivity index (χ4v) is 14.3. The molecule has 2 saturated heterocycles. The van der Waals surface area contributed by atoms with Crippen LogP contribution in [0.1, 0.15) is 72.3 Å². The third-order valence-corrected chi connectivity index (χ3v) is 17.4. The predicted octanol–water partition coefficient (Wildman–Crippen LogP) is 7.36. The van der Waals surface area contributed by atoms with Crippen LogP contribution in [-0.2, 0) is 18.7 Å². The zero-order valence-corrected chi connectivity index (χ0v) is 35.5. The van der Waals surface area contributed by atoms with Crippen LogP contribution in [-0.4, -0.2) is 68.6 Å². The second-order valence-electron chi connectivity index (χ2n) is 15.8. The van der Waals surface area contributed by atoms with Crippen molar-refractivity contribution in [2.45, 2.75) is 84.2 Å². The number of methoxy groups -OCH3 is 1. The number of rotatable bonds is 13. The number of phenols is 1. The van der Waals surface area contributed by atoms with Crippen molar-refractivity contribution in [2.75, 3.05) is 20.3 Å². The summed E-state index contributed by atoms with van der Waals surface area (Å²) in [6, 6.07) is 24.8. The Morgan fingerprint density at radius 2 is 1.67 bits per heavy atom. The molecule has 2 aliphatic heterocycles. The Labute approximate surface area is 335 Å². The van der Waals surface area contributed by atoms with Gasteiger partial charge in [-0.15, -0.1) is 0 Å². The maximum Gasteiger partial charge on any atom is 0.455 e. The highest BCUT2D eigenvalue weighted by Gasteiger charge is 2.58. The van der Waals surface area contributed by atoms with Crippen molar-refractivity contribution in [1.29, 1.82) is 0 Å². The van der Waals surface area contributed by atoms with E-state index in [0.29, 0.717) is 48.2 Å². The monoisotopic (exact) mass is 861 g/mol. The largest absolute Gasteiger partial charge is 0.504 e. The second-order valence-corrected chi connectivity index (χ2v) is 21.3. The van der Waals surface area contributed by atoms with Crippen LogP contribution in [0.5, 0.6) is 11.5 Å². The van der Waals surface area contributed by atoms with Gasteiger partial charge in [0.2, 0.25) is 11.8 Å². The van der Waals surface area contributed by atoms with Gasteiger partial charge in [-0.3, -0.25) is 14.5 Å². The summed E-state index contributed by atoms with van der Waals surface area (Å²) in [5.74, 6) is -1.03. The lowest BCUT2D eigenvalue weighted by atomic mass is 9.58. The van der Waals surface area contributed by atoms with E-state index in [-0.39, 0.29) is 34.8 Å². The van der Waals surface area contributed by atoms with E-state index in [0.717, 1.165) is 23.1 Å². The maximum absolute atomic E-state index is 14.1. The standard InChI is InChI=1S/C43H53BINO7Si/c1-7-21-46-41(48)33-25-30(27-52-54(43(3,4)5,31-15-11-9-12-16-31)32-17-13-10-14-18-32)38-34(39(33)42(46)49)26-44(50)53-36(38)20-19-28(8-2)22-29-23-35(45)40(47)37(24-29)51-6/h9-18,22-24,33-34,36,39,47,50H,7-8,19-21,25-27H2,1-6H3/b28-22+/t33-,34+,36-,39-/m1/s1. The summed E-state index contributed by atoms with van der Waals surface area (Å²) >= 11 is 2.11. The average molecular weight is 862 g/mol. The number of aromatic hydroxyl groups is 1. The van der Waals surface area contributed by atoms with E-state index in [1.165, 1.54) is 20.8 Å². The molecule has 2 amide bonds. The molecular weight excluding hydrogens is 808 g/mol. The first-order valence-electron chi connectivity index (χ1n) is 19.3. The van der Waals surface area contributed by atoms with Gasteiger partial charge in [-0.05, 0) is 111 Å². The van der Waals surface area contributed by atoms with Crippen molar-refractivity contribution in [3.63, 3.8) is 0 Å². The van der Waals surface area contributed by atoms with Gasteiger partial charge in [0.1, 0.15) is 0 Å². The molecule has 6 rings (SSSR count). The Morgan fingerprint density at radius 1 is 1.02 bits per heavy atom. The second kappa shape index (κ2) is 16.9. The van der Waals surface area contributed by atoms with E-state index in [1.54, 1.807) is 7.11 Å². The first kappa shape index (κ1) is 40.4. The van der Waals surface area contributed by atoms with Gasteiger partial charge >= 0.3 is 7.12 Å². The molecule has 3 aliphatic rings. The van der Waals surface area contributed by atoms with Gasteiger partial charge in [0.05, 0.1) is 35.2 Å². The Bertz CT molecular complexity index is 1860. The lowest BCUT2D eigenvalue weighted by Gasteiger charge is -2.46. The molecule has 2 heterocycles. The number of nitrogens with zero attached hydrogens (tertiary/aromatic N) is 1. The smallest absolute Gasteiger partial charge is 0.455 e. The highest BCUT2D eigenvalue weighted by Crippen LogP contribution is 2.51. The van der Waals surface area contributed by atoms with E-state index >= 15 is 0 Å². The molecule has 8 nitrogen and oxygen atoms in total. The van der Waals surface area contributed by atoms with Crippen LogP contribution in [0.15, 0.2) is 89.5 Å². The van der Waals surface area contributed by atoms with Crippen molar-refractivity contribution in [3.05, 3.63) is 98.6 Å². The highest BCUT2D eigenvalue weighted by molar-refractivity contribution is 14.1. The molecule has 0 aromatic heterocycles. The van der Waals surface area contributed by atoms with Crippen LogP contribution in [0.3, 0.4) is 0 Å². The molecular formula is C43H53BINO7Si. The van der Waals surface area contributed by atoms with E-state index < -0.39 is 33.4 Å². The fraction of sp³-hybridized carbons (Fsp3) is 0.442. The summed E-state index contributed by atoms with van der Waals surface area (Å²) in [6.07, 6.45) is 5.13. The molecule has 1 aliphatic carbocycles. The summed E-state index contributed by atoms with van der Waals surface area (Å²) < 4.78 is 20.0. The summed E-state index contributed by atoms with van der Waals surface area (Å²) in [5, 5.41) is 23.8. The summed E-state index contributed by atoms with van der Waals surface area (Å²) in [4.78, 5) is 29.5. The molecule has 2 N–H and O–H groups in total. The van der Waals surface area contributed by atoms with E-state index in [4.69, 9.17) is 13.8 Å². The van der Waals surface area contributed by atoms with Crippen LogP contribution >= 0.6 is 22.6 Å². The molecule has 3 aromatic carbocycles. The third-order valence-electron chi connectivity index (χ3n) is 11.5. The van der Waals surface area contributed by atoms with Crippen molar-refractivity contribution in [2.24, 2.45) is 17.8 Å². The number of allylic oxidation sites excluding steroid dienone is 1. The SMILES string of the molecule is CCCN1C(=O)[C@@H]2[C@@H](CC(CO[Si](c3ccccc3)(c3ccccc3)C(C)(C)C)=C3[C@@H](CC/C(=C/c4cc(I)c(O)c(OC)c4)CC)OB(O)C[C@@H]32)C1=O. The number of hydrogen-bond donors (Lipinski definition) is 2. The van der Waals surface area contributed by atoms with Crippen LogP contribution in [0, 0.1) is 21.3 Å². The number of imide groups is 1. The number of amides is 2. The van der Waals surface area contributed by atoms with Crippen molar-refractivity contribution in [1.82, 2.24) is 4.90 Å². The minimum absolute atomic E-state index is 0.110. The van der Waals surface area contributed by atoms with Crippen LogP contribution < -0.4 is 15.1 Å². The van der Waals surface area contributed by atoms with Gasteiger partial charge < -0.3 is 23.9 Å². The van der Waals surface area contributed by atoms with E-state index in [9.17, 15) is 19.7 Å². The number of likely N-dealkylation sites (tertiary alicyclic amines) is 1. The van der Waals surface area contributed by atoms with Crippen molar-refractivity contribution < 1.29 is 33.5 Å². The first-order valence-corrected chi connectivity index (χ1v) is 22.2. The van der Waals surface area contributed by atoms with Crippen LogP contribution in [0.4, 0.5) is 0 Å². The fourth-order valence-electron chi connectivity index (χ4n) is 9.10. The number of carbonyl (C=O) groups excluding carboxylic acids is 2. The number of halogens is 1. The Morgan fingerprint density at radius 3 is 2.24 bits per heavy atom. The zero-order valence-electron chi connectivity index (χ0n) is 32.3. The average Bonchev–Trinajstić information content (AvgIpc) is 3.39. The molecule has 2 fully saturated rings. The summed E-state index contributed by atoms with van der Waals surface area (Å²) in [6.45, 7) is 11.6. The molecule has 11 heteroatoms. The van der Waals surface area contributed by atoms with Gasteiger partial charge in [-0.2, -0.15) is 0 Å². The topological polar surface area (TPSA) is 106 Å². The minimum Gasteiger partial charge on any atom is -0.504 e. The quantitative estimate of drug-likeness (QED) is 0.0802. The lowest BCUT2D eigenvalue weighted by molar-refractivity contribution is -0.140. The van der Waals surface area contributed by atoms with Crippen LogP contribution in [0.25, 0.3) is 6.08 Å². The molecule has 4 atom stereocenters. The number of benzene rings is 3. The molecule has 0 saturated carbocycles. The van der Waals surface area contributed by atoms with Gasteiger partial charge in [0.25, 0.3) is 8.32 Å². The molecule has 54 heavy (non-hydrogen) atoms. The van der Waals surface area contributed by atoms with Crippen molar-refractivity contribution >= 4 is 66.3 Å². The lowest BCUT2D eigenvalue weighted by Crippen LogP contribution is -2.66. The molecule has 0 spiro atoms. The summed E-state index contributed by atoms with van der Waals surface area (Å²) in [7, 11) is -2.45. The minimum atomic E-state index is -2.94. The van der Waals surface area contributed by atoms with Gasteiger partial charge in [0.15, 0.2) is 11.5 Å². The van der Waals surface area contributed by atoms with Gasteiger partial charge in [-0.1, -0.05) is 107 Å². The van der Waals surface area contributed by atoms with E-state index in [2.05, 4.69) is 105 Å². The summed E-state index contributed by atoms with van der Waals surface area (Å²) in [5.41, 5.74) is 4.15. The number of fused-ring (bicyclic) bond motifs is 3. The predicted molar refractivity (Wildman–Crippen MR) is 225 cm³/mol. The molecule has 0 bridgehead atoms. The van der Waals surface area contributed by atoms with Gasteiger partial charge in [-0.25, -0.2) is 0 Å². The Hall–Kier alpha value is -3.23. The molecule has 286 valence electrons. The number of carbonyl (C=O) groups is 2.